The molecule has 0 bridgehead atoms. The van der Waals surface area contributed by atoms with Gasteiger partial charge in [-0.05, 0) is 62.3 Å². The topological polar surface area (TPSA) is 62.7 Å². The van der Waals surface area contributed by atoms with Crippen molar-refractivity contribution in [3.05, 3.63) is 62.6 Å². The Kier molecular flexibility index (Phi) is 4.55. The molecular formula is C23H28N4O. The van der Waals surface area contributed by atoms with E-state index in [9.17, 15) is 4.79 Å². The number of hydrogen-bond acceptors (Lipinski definition) is 3. The summed E-state index contributed by atoms with van der Waals surface area (Å²) in [6.07, 6.45) is 7.94. The van der Waals surface area contributed by atoms with Gasteiger partial charge in [0.05, 0.1) is 12.2 Å². The summed E-state index contributed by atoms with van der Waals surface area (Å²) in [5.74, 6) is 0.554. The van der Waals surface area contributed by atoms with Crippen LogP contribution in [0.25, 0.3) is 11.0 Å². The van der Waals surface area contributed by atoms with E-state index < -0.39 is 0 Å². The predicted molar refractivity (Wildman–Crippen MR) is 112 cm³/mol. The van der Waals surface area contributed by atoms with Crippen molar-refractivity contribution in [2.45, 2.75) is 64.0 Å². The molecule has 0 aliphatic heterocycles. The third-order valence-electron chi connectivity index (χ3n) is 6.48. The highest BCUT2D eigenvalue weighted by molar-refractivity contribution is 5.84. The summed E-state index contributed by atoms with van der Waals surface area (Å²) in [6.45, 7) is 1.56. The molecule has 0 atom stereocenters. The first kappa shape index (κ1) is 17.7. The molecule has 0 unspecified atom stereocenters. The number of fused-ring (bicyclic) bond motifs is 3. The van der Waals surface area contributed by atoms with E-state index in [1.807, 2.05) is 11.7 Å². The molecule has 28 heavy (non-hydrogen) atoms. The van der Waals surface area contributed by atoms with Gasteiger partial charge in [-0.2, -0.15) is 5.10 Å². The van der Waals surface area contributed by atoms with Crippen molar-refractivity contribution in [1.82, 2.24) is 20.1 Å². The fraction of sp³-hybridized carbons (Fsp3) is 0.478. The molecule has 2 aliphatic rings. The Hall–Kier alpha value is -2.40. The van der Waals surface area contributed by atoms with Crippen LogP contribution in [0.5, 0.6) is 0 Å². The monoisotopic (exact) mass is 376 g/mol. The van der Waals surface area contributed by atoms with Crippen molar-refractivity contribution >= 4 is 11.0 Å². The lowest BCUT2D eigenvalue weighted by Crippen LogP contribution is -2.20. The third-order valence-corrected chi connectivity index (χ3v) is 6.48. The molecule has 0 saturated heterocycles. The molecule has 0 spiro atoms. The first-order valence-corrected chi connectivity index (χ1v) is 10.6. The molecule has 2 aromatic heterocycles. The van der Waals surface area contributed by atoms with E-state index in [1.54, 1.807) is 0 Å². The summed E-state index contributed by atoms with van der Waals surface area (Å²) < 4.78 is 2.03. The van der Waals surface area contributed by atoms with E-state index in [2.05, 4.69) is 34.6 Å². The zero-order valence-electron chi connectivity index (χ0n) is 16.6. The van der Waals surface area contributed by atoms with Crippen LogP contribution in [0.15, 0.2) is 29.1 Å². The quantitative estimate of drug-likeness (QED) is 0.715. The van der Waals surface area contributed by atoms with Gasteiger partial charge in [-0.3, -0.25) is 4.79 Å². The van der Waals surface area contributed by atoms with Crippen LogP contribution in [-0.4, -0.2) is 21.8 Å². The normalized spacial score (nSPS) is 16.9. The molecule has 1 fully saturated rings. The van der Waals surface area contributed by atoms with Gasteiger partial charge in [0, 0.05) is 23.4 Å². The van der Waals surface area contributed by atoms with Crippen LogP contribution in [0.2, 0.25) is 0 Å². The van der Waals surface area contributed by atoms with Gasteiger partial charge in [-0.1, -0.05) is 30.7 Å². The Morgan fingerprint density at radius 2 is 1.79 bits per heavy atom. The minimum Gasteiger partial charge on any atom is -0.316 e. The van der Waals surface area contributed by atoms with Gasteiger partial charge in [0.1, 0.15) is 5.65 Å². The number of rotatable bonds is 5. The van der Waals surface area contributed by atoms with E-state index >= 15 is 0 Å². The fourth-order valence-electron chi connectivity index (χ4n) is 4.74. The van der Waals surface area contributed by atoms with E-state index in [1.165, 1.54) is 53.5 Å². The van der Waals surface area contributed by atoms with Crippen molar-refractivity contribution in [1.29, 1.82) is 0 Å². The lowest BCUT2D eigenvalue weighted by molar-refractivity contribution is 0.408. The zero-order valence-corrected chi connectivity index (χ0v) is 16.6. The second-order valence-corrected chi connectivity index (χ2v) is 8.36. The maximum absolute atomic E-state index is 12.8. The molecule has 5 heteroatoms. The largest absolute Gasteiger partial charge is 0.316 e. The molecule has 1 aromatic carbocycles. The van der Waals surface area contributed by atoms with E-state index in [0.717, 1.165) is 37.0 Å². The van der Waals surface area contributed by atoms with Gasteiger partial charge in [0.2, 0.25) is 0 Å². The molecule has 2 aliphatic carbocycles. The summed E-state index contributed by atoms with van der Waals surface area (Å²) in [6, 6.07) is 8.66. The summed E-state index contributed by atoms with van der Waals surface area (Å²) in [5.41, 5.74) is 7.01. The Bertz CT molecular complexity index is 1060. The third kappa shape index (κ3) is 2.98. The smallest absolute Gasteiger partial charge is 0.253 e. The van der Waals surface area contributed by atoms with Gasteiger partial charge < -0.3 is 10.3 Å². The summed E-state index contributed by atoms with van der Waals surface area (Å²) in [5, 5.41) is 9.49. The van der Waals surface area contributed by atoms with Gasteiger partial charge in [0.25, 0.3) is 5.56 Å². The number of H-pyrrole nitrogens is 1. The van der Waals surface area contributed by atoms with Crippen molar-refractivity contribution in [2.75, 3.05) is 7.05 Å². The zero-order chi connectivity index (χ0) is 19.1. The first-order valence-electron chi connectivity index (χ1n) is 10.6. The number of benzene rings is 1. The summed E-state index contributed by atoms with van der Waals surface area (Å²) in [4.78, 5) is 16.0. The molecule has 2 heterocycles. The highest BCUT2D eigenvalue weighted by Gasteiger charge is 2.29. The minimum absolute atomic E-state index is 0.0906. The van der Waals surface area contributed by atoms with Gasteiger partial charge in [-0.15, -0.1) is 0 Å². The van der Waals surface area contributed by atoms with Crippen LogP contribution >= 0.6 is 0 Å². The predicted octanol–water partition coefficient (Wildman–Crippen LogP) is 3.64. The van der Waals surface area contributed by atoms with Crippen LogP contribution in [0.3, 0.4) is 0 Å². The van der Waals surface area contributed by atoms with Crippen LogP contribution in [-0.2, 0) is 25.9 Å². The van der Waals surface area contributed by atoms with Crippen molar-refractivity contribution in [3.8, 4) is 0 Å². The molecule has 2 N–H and O–H groups in total. The van der Waals surface area contributed by atoms with Crippen LogP contribution in [0.4, 0.5) is 0 Å². The van der Waals surface area contributed by atoms with Crippen molar-refractivity contribution < 1.29 is 0 Å². The number of nitrogens with zero attached hydrogens (tertiary/aromatic N) is 2. The van der Waals surface area contributed by atoms with Gasteiger partial charge >= 0.3 is 0 Å². The Labute approximate surface area is 165 Å². The molecule has 0 amide bonds. The lowest BCUT2D eigenvalue weighted by atomic mass is 9.80. The molecular weight excluding hydrogens is 348 g/mol. The highest BCUT2D eigenvalue weighted by Crippen LogP contribution is 2.41. The number of nitrogens with one attached hydrogen (secondary N) is 2. The highest BCUT2D eigenvalue weighted by atomic mass is 16.1. The lowest BCUT2D eigenvalue weighted by Gasteiger charge is -2.25. The van der Waals surface area contributed by atoms with Crippen molar-refractivity contribution in [2.24, 2.45) is 0 Å². The SMILES string of the molecule is CNCc1ccc(Cn2nc(C3CCC3)c3c4c(c(=O)[nH]c32)CCCC4)cc1. The number of aryl methyl sites for hydroxylation is 1. The van der Waals surface area contributed by atoms with Crippen LogP contribution in [0, 0.1) is 0 Å². The Morgan fingerprint density at radius 1 is 1.07 bits per heavy atom. The molecule has 3 aromatic rings. The molecule has 5 rings (SSSR count). The number of pyridine rings is 1. The second kappa shape index (κ2) is 7.21. The fourth-order valence-corrected chi connectivity index (χ4v) is 4.74. The van der Waals surface area contributed by atoms with Gasteiger partial charge in [-0.25, -0.2) is 4.68 Å². The average Bonchev–Trinajstić information content (AvgIpc) is 3.00. The van der Waals surface area contributed by atoms with Crippen molar-refractivity contribution in [3.63, 3.8) is 0 Å². The standard InChI is InChI=1S/C23H28N4O/c1-24-13-15-9-11-16(12-10-15)14-27-22-20(21(26-27)17-5-4-6-17)18-7-2-3-8-19(18)23(28)25-22/h9-12,17,24H,2-8,13-14H2,1H3,(H,25,28). The minimum atomic E-state index is 0.0906. The van der Waals surface area contributed by atoms with Crippen LogP contribution < -0.4 is 10.9 Å². The van der Waals surface area contributed by atoms with E-state index in [4.69, 9.17) is 5.10 Å². The maximum Gasteiger partial charge on any atom is 0.253 e. The maximum atomic E-state index is 12.8. The number of hydrogen-bond donors (Lipinski definition) is 2. The molecule has 0 radical (unpaired) electrons. The Balaban J connectivity index is 1.60. The van der Waals surface area contributed by atoms with Crippen LogP contribution in [0.1, 0.15) is 66.0 Å². The van der Waals surface area contributed by atoms with E-state index in [0.29, 0.717) is 12.5 Å². The first-order chi connectivity index (χ1) is 13.7. The Morgan fingerprint density at radius 3 is 2.46 bits per heavy atom. The second-order valence-electron chi connectivity index (χ2n) is 8.36. The molecule has 5 nitrogen and oxygen atoms in total. The number of aromatic amines is 1. The van der Waals surface area contributed by atoms with Gasteiger partial charge in [0.15, 0.2) is 0 Å². The van der Waals surface area contributed by atoms with E-state index in [-0.39, 0.29) is 5.56 Å². The molecule has 146 valence electrons. The molecule has 1 saturated carbocycles. The number of aromatic nitrogens is 3. The summed E-state index contributed by atoms with van der Waals surface area (Å²) in [7, 11) is 1.96. The average molecular weight is 377 g/mol. The summed E-state index contributed by atoms with van der Waals surface area (Å²) >= 11 is 0.